The van der Waals surface area contributed by atoms with Crippen LogP contribution in [0.4, 0.5) is 5.69 Å². The first kappa shape index (κ1) is 8.80. The zero-order chi connectivity index (χ0) is 10.6. The summed E-state index contributed by atoms with van der Waals surface area (Å²) in [5.74, 6) is 0. The Hall–Kier alpha value is -1.48. The lowest BCUT2D eigenvalue weighted by Gasteiger charge is -1.98. The molecule has 2 nitrogen and oxygen atoms in total. The molecule has 0 amide bonds. The van der Waals surface area contributed by atoms with E-state index in [1.54, 1.807) is 11.3 Å². The van der Waals surface area contributed by atoms with Crippen molar-refractivity contribution in [1.82, 2.24) is 4.57 Å². The third-order valence-electron chi connectivity index (χ3n) is 2.95. The van der Waals surface area contributed by atoms with Crippen LogP contribution in [-0.2, 0) is 7.05 Å². The van der Waals surface area contributed by atoms with Crippen molar-refractivity contribution < 1.29 is 0 Å². The molecular formula is C12H12N2S. The molecule has 0 saturated heterocycles. The maximum Gasteiger partial charge on any atom is 0.0835 e. The van der Waals surface area contributed by atoms with Crippen molar-refractivity contribution in [3.63, 3.8) is 0 Å². The molecule has 1 aromatic carbocycles. The van der Waals surface area contributed by atoms with Gasteiger partial charge < -0.3 is 10.3 Å². The van der Waals surface area contributed by atoms with E-state index in [1.165, 1.54) is 26.0 Å². The van der Waals surface area contributed by atoms with E-state index < -0.39 is 0 Å². The van der Waals surface area contributed by atoms with Gasteiger partial charge in [-0.15, -0.1) is 11.3 Å². The predicted octanol–water partition coefficient (Wildman–Crippen LogP) is 3.28. The third kappa shape index (κ3) is 0.984. The fourth-order valence-electron chi connectivity index (χ4n) is 2.14. The quantitative estimate of drug-likeness (QED) is 0.614. The van der Waals surface area contributed by atoms with Crippen molar-refractivity contribution in [3.05, 3.63) is 29.1 Å². The molecule has 0 bridgehead atoms. The van der Waals surface area contributed by atoms with E-state index in [4.69, 9.17) is 5.73 Å². The topological polar surface area (TPSA) is 30.9 Å². The van der Waals surface area contributed by atoms with E-state index in [0.717, 1.165) is 5.69 Å². The average molecular weight is 216 g/mol. The van der Waals surface area contributed by atoms with Crippen molar-refractivity contribution in [2.24, 2.45) is 7.05 Å². The Kier molecular flexibility index (Phi) is 1.62. The summed E-state index contributed by atoms with van der Waals surface area (Å²) in [6.07, 6.45) is 0. The summed E-state index contributed by atoms with van der Waals surface area (Å²) in [5.41, 5.74) is 9.45. The molecule has 0 spiro atoms. The van der Waals surface area contributed by atoms with Gasteiger partial charge in [0.2, 0.25) is 0 Å². The number of nitrogen functional groups attached to an aromatic ring is 1. The van der Waals surface area contributed by atoms with E-state index in [2.05, 4.69) is 42.8 Å². The molecule has 3 heteroatoms. The van der Waals surface area contributed by atoms with E-state index in [0.29, 0.717) is 0 Å². The molecule has 0 aliphatic carbocycles. The summed E-state index contributed by atoms with van der Waals surface area (Å²) in [4.78, 5) is 1.21. The molecule has 3 aromatic rings. The molecule has 0 unspecified atom stereocenters. The lowest BCUT2D eigenvalue weighted by molar-refractivity contribution is 1.02. The molecule has 0 radical (unpaired) electrons. The molecule has 2 N–H and O–H groups in total. The molecule has 2 heterocycles. The molecular weight excluding hydrogens is 204 g/mol. The van der Waals surface area contributed by atoms with Crippen LogP contribution in [0.3, 0.4) is 0 Å². The fourth-order valence-corrected chi connectivity index (χ4v) is 3.28. The minimum absolute atomic E-state index is 0.925. The van der Waals surface area contributed by atoms with Crippen LogP contribution < -0.4 is 5.73 Å². The van der Waals surface area contributed by atoms with Crippen LogP contribution in [0, 0.1) is 6.92 Å². The predicted molar refractivity (Wildman–Crippen MR) is 67.5 cm³/mol. The van der Waals surface area contributed by atoms with Crippen LogP contribution in [0.1, 0.15) is 4.88 Å². The third-order valence-corrected chi connectivity index (χ3v) is 4.09. The van der Waals surface area contributed by atoms with Gasteiger partial charge in [-0.1, -0.05) is 18.2 Å². The van der Waals surface area contributed by atoms with Gasteiger partial charge in [0.25, 0.3) is 0 Å². The smallest absolute Gasteiger partial charge is 0.0835 e. The number of benzene rings is 1. The fraction of sp³-hybridized carbons (Fsp3) is 0.167. The zero-order valence-electron chi connectivity index (χ0n) is 8.74. The highest BCUT2D eigenvalue weighted by atomic mass is 32.1. The first-order valence-electron chi connectivity index (χ1n) is 4.92. The van der Waals surface area contributed by atoms with Crippen molar-refractivity contribution >= 4 is 38.1 Å². The van der Waals surface area contributed by atoms with E-state index >= 15 is 0 Å². The van der Waals surface area contributed by atoms with Crippen LogP contribution in [0.5, 0.6) is 0 Å². The minimum atomic E-state index is 0.925. The van der Waals surface area contributed by atoms with Crippen LogP contribution in [0.15, 0.2) is 24.3 Å². The van der Waals surface area contributed by atoms with Crippen LogP contribution in [-0.4, -0.2) is 4.57 Å². The maximum absolute atomic E-state index is 6.09. The Morgan fingerprint density at radius 1 is 1.27 bits per heavy atom. The van der Waals surface area contributed by atoms with Crippen LogP contribution >= 0.6 is 11.3 Å². The number of hydrogen-bond donors (Lipinski definition) is 1. The summed E-state index contributed by atoms with van der Waals surface area (Å²) in [7, 11) is 2.08. The van der Waals surface area contributed by atoms with Crippen molar-refractivity contribution in [3.8, 4) is 0 Å². The summed E-state index contributed by atoms with van der Waals surface area (Å²) >= 11 is 1.78. The number of fused-ring (bicyclic) bond motifs is 3. The number of aromatic nitrogens is 1. The summed E-state index contributed by atoms with van der Waals surface area (Å²) in [5, 5.41) is 1.31. The number of para-hydroxylation sites is 1. The molecule has 0 fully saturated rings. The molecule has 15 heavy (non-hydrogen) atoms. The normalized spacial score (nSPS) is 11.6. The molecule has 0 aliphatic rings. The van der Waals surface area contributed by atoms with Gasteiger partial charge in [-0.2, -0.15) is 0 Å². The number of hydrogen-bond acceptors (Lipinski definition) is 2. The molecule has 76 valence electrons. The highest BCUT2D eigenvalue weighted by molar-refractivity contribution is 7.20. The number of anilines is 1. The Bertz CT molecular complexity index is 661. The van der Waals surface area contributed by atoms with Crippen molar-refractivity contribution in [2.75, 3.05) is 5.73 Å². The van der Waals surface area contributed by atoms with E-state index in [1.807, 2.05) is 0 Å². The zero-order valence-corrected chi connectivity index (χ0v) is 9.56. The molecule has 0 atom stereocenters. The van der Waals surface area contributed by atoms with Gasteiger partial charge in [0.1, 0.15) is 0 Å². The molecule has 2 aromatic heterocycles. The number of nitrogens with two attached hydrogens (primary N) is 1. The second kappa shape index (κ2) is 2.76. The largest absolute Gasteiger partial charge is 0.396 e. The van der Waals surface area contributed by atoms with E-state index in [-0.39, 0.29) is 0 Å². The van der Waals surface area contributed by atoms with Gasteiger partial charge in [-0.3, -0.25) is 0 Å². The Morgan fingerprint density at radius 3 is 2.80 bits per heavy atom. The number of thiophene rings is 1. The molecule has 0 saturated carbocycles. The van der Waals surface area contributed by atoms with Gasteiger partial charge in [0, 0.05) is 22.8 Å². The maximum atomic E-state index is 6.09. The average Bonchev–Trinajstić information content (AvgIpc) is 2.68. The SMILES string of the molecule is Cc1sc2c3ccccc3n(C)c2c1N. The van der Waals surface area contributed by atoms with Crippen LogP contribution in [0.2, 0.25) is 0 Å². The van der Waals surface area contributed by atoms with Gasteiger partial charge in [0.15, 0.2) is 0 Å². The number of aryl methyl sites for hydroxylation is 2. The molecule has 3 rings (SSSR count). The Morgan fingerprint density at radius 2 is 2.00 bits per heavy atom. The molecule has 0 aliphatic heterocycles. The second-order valence-electron chi connectivity index (χ2n) is 3.83. The van der Waals surface area contributed by atoms with Gasteiger partial charge in [-0.25, -0.2) is 0 Å². The van der Waals surface area contributed by atoms with Gasteiger partial charge >= 0.3 is 0 Å². The lowest BCUT2D eigenvalue weighted by Crippen LogP contribution is -1.91. The standard InChI is InChI=1S/C12H12N2S/c1-7-10(13)11-12(15-7)8-5-3-4-6-9(8)14(11)2/h3-6H,13H2,1-2H3. The Labute approximate surface area is 91.9 Å². The highest BCUT2D eigenvalue weighted by Crippen LogP contribution is 2.39. The second-order valence-corrected chi connectivity index (χ2v) is 5.05. The monoisotopic (exact) mass is 216 g/mol. The first-order chi connectivity index (χ1) is 7.20. The highest BCUT2D eigenvalue weighted by Gasteiger charge is 2.14. The number of rotatable bonds is 0. The van der Waals surface area contributed by atoms with Crippen molar-refractivity contribution in [1.29, 1.82) is 0 Å². The first-order valence-corrected chi connectivity index (χ1v) is 5.74. The summed E-state index contributed by atoms with van der Waals surface area (Å²) in [6.45, 7) is 2.08. The minimum Gasteiger partial charge on any atom is -0.396 e. The van der Waals surface area contributed by atoms with Crippen molar-refractivity contribution in [2.45, 2.75) is 6.92 Å². The van der Waals surface area contributed by atoms with E-state index in [9.17, 15) is 0 Å². The summed E-state index contributed by atoms with van der Waals surface area (Å²) < 4.78 is 3.49. The van der Waals surface area contributed by atoms with Gasteiger partial charge in [-0.05, 0) is 13.0 Å². The van der Waals surface area contributed by atoms with Gasteiger partial charge in [0.05, 0.1) is 15.9 Å². The lowest BCUT2D eigenvalue weighted by atomic mass is 10.2. The number of nitrogens with zero attached hydrogens (tertiary/aromatic N) is 1. The summed E-state index contributed by atoms with van der Waals surface area (Å²) in [6, 6.07) is 8.44. The van der Waals surface area contributed by atoms with Crippen LogP contribution in [0.25, 0.3) is 21.1 Å². The Balaban J connectivity index is 2.67.